The maximum Gasteiger partial charge on any atom is 0.0569 e. The van der Waals surface area contributed by atoms with Crippen LogP contribution in [0.5, 0.6) is 0 Å². The van der Waals surface area contributed by atoms with Crippen molar-refractivity contribution in [2.45, 2.75) is 44.8 Å². The second-order valence-electron chi connectivity index (χ2n) is 4.23. The van der Waals surface area contributed by atoms with Gasteiger partial charge < -0.3 is 15.9 Å². The molecule has 0 aromatic heterocycles. The van der Waals surface area contributed by atoms with Gasteiger partial charge in [-0.15, -0.1) is 0 Å². The Morgan fingerprint density at radius 1 is 1.15 bits per heavy atom. The maximum absolute atomic E-state index is 9.74. The van der Waals surface area contributed by atoms with E-state index in [9.17, 15) is 10.2 Å². The summed E-state index contributed by atoms with van der Waals surface area (Å²) in [6, 6.07) is 0. The van der Waals surface area contributed by atoms with E-state index >= 15 is 0 Å². The van der Waals surface area contributed by atoms with E-state index in [1.54, 1.807) is 0 Å². The van der Waals surface area contributed by atoms with Crippen molar-refractivity contribution in [1.82, 2.24) is 0 Å². The van der Waals surface area contributed by atoms with E-state index in [0.29, 0.717) is 18.9 Å². The van der Waals surface area contributed by atoms with E-state index < -0.39 is 0 Å². The standard InChI is InChI=1S/C10H21NO2/c1-7-8(6-11)2-3-9(12)4-5-10(7)13/h7-10,12-13H,2-6,11H2,1H3/t7?,8?,9-,10?/m1/s1. The largest absolute Gasteiger partial charge is 0.393 e. The Morgan fingerprint density at radius 3 is 2.38 bits per heavy atom. The average Bonchev–Trinajstić information content (AvgIpc) is 2.13. The van der Waals surface area contributed by atoms with Gasteiger partial charge in [-0.05, 0) is 44.1 Å². The van der Waals surface area contributed by atoms with Crippen LogP contribution >= 0.6 is 0 Å². The van der Waals surface area contributed by atoms with E-state index in [2.05, 4.69) is 6.92 Å². The zero-order valence-electron chi connectivity index (χ0n) is 8.32. The van der Waals surface area contributed by atoms with E-state index in [0.717, 1.165) is 19.3 Å². The van der Waals surface area contributed by atoms with Gasteiger partial charge >= 0.3 is 0 Å². The van der Waals surface area contributed by atoms with Crippen LogP contribution < -0.4 is 5.73 Å². The molecule has 13 heavy (non-hydrogen) atoms. The van der Waals surface area contributed by atoms with Crippen LogP contribution in [-0.4, -0.2) is 29.0 Å². The summed E-state index contributed by atoms with van der Waals surface area (Å²) in [5.74, 6) is 0.641. The van der Waals surface area contributed by atoms with Crippen molar-refractivity contribution in [2.75, 3.05) is 6.54 Å². The third-order valence-corrected chi connectivity index (χ3v) is 3.32. The van der Waals surface area contributed by atoms with Crippen LogP contribution in [0.1, 0.15) is 32.6 Å². The first-order chi connectivity index (χ1) is 6.15. The number of hydrogen-bond donors (Lipinski definition) is 3. The first kappa shape index (κ1) is 11.0. The monoisotopic (exact) mass is 187 g/mol. The number of rotatable bonds is 1. The normalized spacial score (nSPS) is 42.5. The second-order valence-corrected chi connectivity index (χ2v) is 4.23. The molecule has 0 amide bonds. The van der Waals surface area contributed by atoms with Crippen LogP contribution in [0.3, 0.4) is 0 Å². The Labute approximate surface area is 79.9 Å². The van der Waals surface area contributed by atoms with Gasteiger partial charge in [0.2, 0.25) is 0 Å². The minimum atomic E-state index is -0.288. The molecule has 3 nitrogen and oxygen atoms in total. The third-order valence-electron chi connectivity index (χ3n) is 3.32. The smallest absolute Gasteiger partial charge is 0.0569 e. The highest BCUT2D eigenvalue weighted by Crippen LogP contribution is 2.27. The summed E-state index contributed by atoms with van der Waals surface area (Å²) in [5, 5.41) is 19.2. The lowest BCUT2D eigenvalue weighted by molar-refractivity contribution is 0.0312. The predicted octanol–water partition coefficient (Wildman–Crippen LogP) is 0.493. The van der Waals surface area contributed by atoms with Crippen LogP contribution in [0, 0.1) is 11.8 Å². The number of nitrogens with two attached hydrogens (primary N) is 1. The van der Waals surface area contributed by atoms with Gasteiger partial charge in [0.1, 0.15) is 0 Å². The Balaban J connectivity index is 2.53. The SMILES string of the molecule is CC1C(O)CC[C@H](O)CCC1CN. The molecule has 0 heterocycles. The van der Waals surface area contributed by atoms with Gasteiger partial charge in [-0.3, -0.25) is 0 Å². The fraction of sp³-hybridized carbons (Fsp3) is 1.00. The van der Waals surface area contributed by atoms with Crippen molar-refractivity contribution in [3.8, 4) is 0 Å². The first-order valence-corrected chi connectivity index (χ1v) is 5.21. The summed E-state index contributed by atoms with van der Waals surface area (Å²) in [7, 11) is 0. The molecule has 1 aliphatic rings. The zero-order chi connectivity index (χ0) is 9.84. The lowest BCUT2D eigenvalue weighted by Crippen LogP contribution is -2.34. The minimum Gasteiger partial charge on any atom is -0.393 e. The molecule has 0 saturated heterocycles. The Bertz CT molecular complexity index is 152. The first-order valence-electron chi connectivity index (χ1n) is 5.21. The molecular formula is C10H21NO2. The summed E-state index contributed by atoms with van der Waals surface area (Å²) in [6.45, 7) is 2.67. The molecule has 1 saturated carbocycles. The fourth-order valence-electron chi connectivity index (χ4n) is 2.09. The van der Waals surface area contributed by atoms with Gasteiger partial charge in [0.15, 0.2) is 0 Å². The fourth-order valence-corrected chi connectivity index (χ4v) is 2.09. The van der Waals surface area contributed by atoms with E-state index in [1.165, 1.54) is 0 Å². The molecule has 1 fully saturated rings. The van der Waals surface area contributed by atoms with E-state index in [1.807, 2.05) is 0 Å². The second kappa shape index (κ2) is 4.94. The van der Waals surface area contributed by atoms with Gasteiger partial charge in [-0.2, -0.15) is 0 Å². The van der Waals surface area contributed by atoms with Crippen molar-refractivity contribution < 1.29 is 10.2 Å². The molecule has 0 aliphatic heterocycles. The summed E-state index contributed by atoms with van der Waals surface area (Å²) in [5.41, 5.74) is 5.63. The quantitative estimate of drug-likeness (QED) is 0.560. The van der Waals surface area contributed by atoms with Crippen molar-refractivity contribution in [3.05, 3.63) is 0 Å². The zero-order valence-corrected chi connectivity index (χ0v) is 8.32. The summed E-state index contributed by atoms with van der Waals surface area (Å²) in [4.78, 5) is 0. The molecule has 0 aromatic carbocycles. The topological polar surface area (TPSA) is 66.5 Å². The predicted molar refractivity (Wildman–Crippen MR) is 52.2 cm³/mol. The Morgan fingerprint density at radius 2 is 1.77 bits per heavy atom. The van der Waals surface area contributed by atoms with Crippen LogP contribution in [0.2, 0.25) is 0 Å². The van der Waals surface area contributed by atoms with Crippen LogP contribution in [0.25, 0.3) is 0 Å². The number of aliphatic hydroxyl groups excluding tert-OH is 2. The van der Waals surface area contributed by atoms with Crippen LogP contribution in [0.15, 0.2) is 0 Å². The molecule has 0 spiro atoms. The molecular weight excluding hydrogens is 166 g/mol. The maximum atomic E-state index is 9.74. The molecule has 3 unspecified atom stereocenters. The molecule has 78 valence electrons. The highest BCUT2D eigenvalue weighted by Gasteiger charge is 2.26. The van der Waals surface area contributed by atoms with Gasteiger partial charge in [-0.1, -0.05) is 6.92 Å². The minimum absolute atomic E-state index is 0.240. The number of hydrogen-bond acceptors (Lipinski definition) is 3. The van der Waals surface area contributed by atoms with Crippen LogP contribution in [0.4, 0.5) is 0 Å². The summed E-state index contributed by atoms with van der Waals surface area (Å²) in [6.07, 6.45) is 2.68. The average molecular weight is 187 g/mol. The summed E-state index contributed by atoms with van der Waals surface area (Å²) >= 11 is 0. The molecule has 0 aromatic rings. The van der Waals surface area contributed by atoms with Gasteiger partial charge in [0.05, 0.1) is 12.2 Å². The van der Waals surface area contributed by atoms with Gasteiger partial charge in [0.25, 0.3) is 0 Å². The molecule has 1 rings (SSSR count). The number of aliphatic hydroxyl groups is 2. The van der Waals surface area contributed by atoms with Crippen molar-refractivity contribution in [3.63, 3.8) is 0 Å². The van der Waals surface area contributed by atoms with Crippen LogP contribution in [-0.2, 0) is 0 Å². The van der Waals surface area contributed by atoms with E-state index in [-0.39, 0.29) is 18.1 Å². The molecule has 3 heteroatoms. The molecule has 0 bridgehead atoms. The Kier molecular flexibility index (Phi) is 4.16. The lowest BCUT2D eigenvalue weighted by Gasteiger charge is -2.31. The van der Waals surface area contributed by atoms with Gasteiger partial charge in [0, 0.05) is 0 Å². The van der Waals surface area contributed by atoms with Gasteiger partial charge in [-0.25, -0.2) is 0 Å². The molecule has 4 atom stereocenters. The Hall–Kier alpha value is -0.120. The highest BCUT2D eigenvalue weighted by molar-refractivity contribution is 4.78. The molecule has 4 N–H and O–H groups in total. The lowest BCUT2D eigenvalue weighted by atomic mass is 9.80. The molecule has 0 radical (unpaired) electrons. The van der Waals surface area contributed by atoms with E-state index in [4.69, 9.17) is 5.73 Å². The van der Waals surface area contributed by atoms with Crippen molar-refractivity contribution in [1.29, 1.82) is 0 Å². The summed E-state index contributed by atoms with van der Waals surface area (Å²) < 4.78 is 0. The third kappa shape index (κ3) is 2.93. The van der Waals surface area contributed by atoms with Crippen molar-refractivity contribution in [2.24, 2.45) is 17.6 Å². The highest BCUT2D eigenvalue weighted by atomic mass is 16.3. The van der Waals surface area contributed by atoms with Crippen molar-refractivity contribution >= 4 is 0 Å². The molecule has 1 aliphatic carbocycles.